The van der Waals surface area contributed by atoms with E-state index in [9.17, 15) is 0 Å². The minimum Gasteiger partial charge on any atom is -0.369 e. The Kier molecular flexibility index (Phi) is 7.16. The maximum Gasteiger partial charge on any atom is 0.200 e. The molecule has 0 amide bonds. The lowest BCUT2D eigenvalue weighted by Crippen LogP contribution is -2.14. The van der Waals surface area contributed by atoms with Crippen LogP contribution in [0.1, 0.15) is 93.6 Å². The first-order chi connectivity index (χ1) is 12.8. The van der Waals surface area contributed by atoms with Gasteiger partial charge in [0.2, 0.25) is 5.95 Å². The van der Waals surface area contributed by atoms with Gasteiger partial charge in [-0.3, -0.25) is 0 Å². The Morgan fingerprint density at radius 3 is 2.00 bits per heavy atom. The van der Waals surface area contributed by atoms with Gasteiger partial charge in [0.25, 0.3) is 0 Å². The molecular weight excluding hydrogens is 318 g/mol. The lowest BCUT2D eigenvalue weighted by molar-refractivity contribution is 0.386. The molecule has 1 aromatic heterocycles. The second-order valence-electron chi connectivity index (χ2n) is 7.95. The molecule has 1 aromatic carbocycles. The van der Waals surface area contributed by atoms with Crippen molar-refractivity contribution in [2.24, 2.45) is 0 Å². The number of aromatic nitrogens is 2. The zero-order valence-corrected chi connectivity index (χ0v) is 16.4. The lowest BCUT2D eigenvalue weighted by Gasteiger charge is -2.22. The molecule has 1 heterocycles. The molecule has 1 saturated carbocycles. The zero-order chi connectivity index (χ0) is 18.2. The maximum atomic E-state index is 6.39. The van der Waals surface area contributed by atoms with Gasteiger partial charge in [0.1, 0.15) is 0 Å². The molecule has 142 valence electrons. The summed E-state index contributed by atoms with van der Waals surface area (Å²) in [5.41, 5.74) is 10.1. The van der Waals surface area contributed by atoms with Crippen molar-refractivity contribution in [2.75, 3.05) is 5.73 Å². The summed E-state index contributed by atoms with van der Waals surface area (Å²) in [7, 11) is 0. The van der Waals surface area contributed by atoms with Crippen LogP contribution in [0.3, 0.4) is 0 Å². The molecule has 3 heteroatoms. The molecule has 2 aromatic rings. The van der Waals surface area contributed by atoms with E-state index in [1.54, 1.807) is 0 Å². The summed E-state index contributed by atoms with van der Waals surface area (Å²) in [5, 5.41) is 0. The van der Waals surface area contributed by atoms with E-state index in [1.807, 2.05) is 0 Å². The number of imidazole rings is 1. The van der Waals surface area contributed by atoms with Gasteiger partial charge < -0.3 is 10.3 Å². The molecule has 1 fully saturated rings. The van der Waals surface area contributed by atoms with Gasteiger partial charge in [-0.1, -0.05) is 88.1 Å². The number of benzene rings is 1. The monoisotopic (exact) mass is 353 g/mol. The average Bonchev–Trinajstić information content (AvgIpc) is 2.90. The molecule has 0 radical (unpaired) electrons. The smallest absolute Gasteiger partial charge is 0.200 e. The maximum absolute atomic E-state index is 6.39. The highest BCUT2D eigenvalue weighted by atomic mass is 15.2. The van der Waals surface area contributed by atoms with Gasteiger partial charge in [-0.2, -0.15) is 0 Å². The summed E-state index contributed by atoms with van der Waals surface area (Å²) in [6.45, 7) is 2.21. The first kappa shape index (κ1) is 19.0. The van der Waals surface area contributed by atoms with Gasteiger partial charge in [-0.05, 0) is 25.3 Å². The van der Waals surface area contributed by atoms with Crippen molar-refractivity contribution in [2.45, 2.75) is 90.0 Å². The van der Waals surface area contributed by atoms with E-state index in [1.165, 1.54) is 81.9 Å². The number of nitrogens with zero attached hydrogens (tertiary/aromatic N) is 2. The third-order valence-electron chi connectivity index (χ3n) is 5.93. The van der Waals surface area contributed by atoms with Gasteiger partial charge in [-0.25, -0.2) is 4.98 Å². The van der Waals surface area contributed by atoms with Crippen LogP contribution in [0.2, 0.25) is 0 Å². The van der Waals surface area contributed by atoms with Gasteiger partial charge in [-0.15, -0.1) is 0 Å². The Morgan fingerprint density at radius 1 is 0.885 bits per heavy atom. The Hall–Kier alpha value is -1.77. The van der Waals surface area contributed by atoms with Gasteiger partial charge in [0, 0.05) is 18.2 Å². The number of nitrogens with two attached hydrogens (primary N) is 1. The van der Waals surface area contributed by atoms with Gasteiger partial charge in [0.15, 0.2) is 0 Å². The van der Waals surface area contributed by atoms with Crippen LogP contribution >= 0.6 is 0 Å². The minimum absolute atomic E-state index is 0.520. The van der Waals surface area contributed by atoms with Crippen LogP contribution in [0.5, 0.6) is 0 Å². The molecule has 0 spiro atoms. The summed E-state index contributed by atoms with van der Waals surface area (Å²) in [6.07, 6.45) is 15.8. The van der Waals surface area contributed by atoms with Crippen LogP contribution in [0.4, 0.5) is 5.95 Å². The molecule has 0 saturated heterocycles. The number of nitrogen functional groups attached to an aromatic ring is 1. The SMILES string of the molecule is Cc1c(Cc2ccccc2)nc(N)n1C1CCCCCCCCCCC1. The second-order valence-corrected chi connectivity index (χ2v) is 7.95. The molecule has 3 nitrogen and oxygen atoms in total. The molecule has 2 N–H and O–H groups in total. The Labute approximate surface area is 159 Å². The van der Waals surface area contributed by atoms with Crippen LogP contribution in [0, 0.1) is 6.92 Å². The molecule has 0 aliphatic heterocycles. The van der Waals surface area contributed by atoms with Crippen molar-refractivity contribution < 1.29 is 0 Å². The minimum atomic E-state index is 0.520. The van der Waals surface area contributed by atoms with Crippen molar-refractivity contribution in [1.82, 2.24) is 9.55 Å². The molecule has 1 aliphatic carbocycles. The van der Waals surface area contributed by atoms with E-state index in [0.717, 1.165) is 12.1 Å². The van der Waals surface area contributed by atoms with Crippen molar-refractivity contribution in [3.8, 4) is 0 Å². The lowest BCUT2D eigenvalue weighted by atomic mass is 9.97. The second kappa shape index (κ2) is 9.80. The van der Waals surface area contributed by atoms with Crippen LogP contribution in [0.25, 0.3) is 0 Å². The van der Waals surface area contributed by atoms with E-state index in [4.69, 9.17) is 10.7 Å². The first-order valence-electron chi connectivity index (χ1n) is 10.6. The van der Waals surface area contributed by atoms with Crippen LogP contribution in [0.15, 0.2) is 30.3 Å². The number of anilines is 1. The number of rotatable bonds is 3. The van der Waals surface area contributed by atoms with Crippen molar-refractivity contribution >= 4 is 5.95 Å². The predicted octanol–water partition coefficient (Wildman–Crippen LogP) is 6.21. The van der Waals surface area contributed by atoms with Gasteiger partial charge >= 0.3 is 0 Å². The first-order valence-corrected chi connectivity index (χ1v) is 10.6. The zero-order valence-electron chi connectivity index (χ0n) is 16.4. The Morgan fingerprint density at radius 2 is 1.42 bits per heavy atom. The highest BCUT2D eigenvalue weighted by molar-refractivity contribution is 5.33. The van der Waals surface area contributed by atoms with E-state index in [2.05, 4.69) is 41.8 Å². The van der Waals surface area contributed by atoms with E-state index in [0.29, 0.717) is 12.0 Å². The molecule has 0 unspecified atom stereocenters. The summed E-state index contributed by atoms with van der Waals surface area (Å²) < 4.78 is 2.35. The van der Waals surface area contributed by atoms with E-state index >= 15 is 0 Å². The van der Waals surface area contributed by atoms with Crippen LogP contribution in [-0.4, -0.2) is 9.55 Å². The van der Waals surface area contributed by atoms with E-state index < -0.39 is 0 Å². The topological polar surface area (TPSA) is 43.8 Å². The molecule has 1 aliphatic rings. The Balaban J connectivity index is 1.74. The third kappa shape index (κ3) is 5.12. The third-order valence-corrected chi connectivity index (χ3v) is 5.93. The predicted molar refractivity (Wildman–Crippen MR) is 110 cm³/mol. The molecular formula is C23H35N3. The molecule has 26 heavy (non-hydrogen) atoms. The highest BCUT2D eigenvalue weighted by Gasteiger charge is 2.19. The van der Waals surface area contributed by atoms with E-state index in [-0.39, 0.29) is 0 Å². The summed E-state index contributed by atoms with van der Waals surface area (Å²) in [6, 6.07) is 11.1. The normalized spacial score (nSPS) is 18.2. The highest BCUT2D eigenvalue weighted by Crippen LogP contribution is 2.30. The number of hydrogen-bond acceptors (Lipinski definition) is 2. The molecule has 0 bridgehead atoms. The van der Waals surface area contributed by atoms with Gasteiger partial charge in [0.05, 0.1) is 5.69 Å². The fourth-order valence-corrected chi connectivity index (χ4v) is 4.40. The average molecular weight is 354 g/mol. The molecule has 3 rings (SSSR count). The Bertz CT molecular complexity index is 648. The quantitative estimate of drug-likeness (QED) is 0.713. The fourth-order valence-electron chi connectivity index (χ4n) is 4.40. The summed E-state index contributed by atoms with van der Waals surface area (Å²) in [4.78, 5) is 4.75. The molecule has 0 atom stereocenters. The van der Waals surface area contributed by atoms with Crippen molar-refractivity contribution in [1.29, 1.82) is 0 Å². The standard InChI is InChI=1S/C23H35N3/c1-19-22(18-20-14-10-9-11-15-20)25-23(24)26(19)21-16-12-7-5-3-2-4-6-8-13-17-21/h9-11,14-15,21H,2-8,12-13,16-18H2,1H3,(H2,24,25). The largest absolute Gasteiger partial charge is 0.369 e. The number of hydrogen-bond donors (Lipinski definition) is 1. The fraction of sp³-hybridized carbons (Fsp3) is 0.609. The van der Waals surface area contributed by atoms with Crippen LogP contribution in [-0.2, 0) is 6.42 Å². The summed E-state index contributed by atoms with van der Waals surface area (Å²) >= 11 is 0. The summed E-state index contributed by atoms with van der Waals surface area (Å²) in [5.74, 6) is 0.713. The van der Waals surface area contributed by atoms with Crippen molar-refractivity contribution in [3.05, 3.63) is 47.3 Å². The van der Waals surface area contributed by atoms with Crippen LogP contribution < -0.4 is 5.73 Å². The van der Waals surface area contributed by atoms with Crippen molar-refractivity contribution in [3.63, 3.8) is 0 Å².